The quantitative estimate of drug-likeness (QED) is 0.930. The van der Waals surface area contributed by atoms with E-state index in [-0.39, 0.29) is 18.2 Å². The number of carbonyl (C=O) groups excluding carboxylic acids is 1. The van der Waals surface area contributed by atoms with E-state index in [2.05, 4.69) is 5.32 Å². The molecular weight excluding hydrogens is 304 g/mol. The molecule has 2 amide bonds. The van der Waals surface area contributed by atoms with Crippen molar-refractivity contribution in [2.24, 2.45) is 0 Å². The third kappa shape index (κ3) is 3.72. The summed E-state index contributed by atoms with van der Waals surface area (Å²) in [5.41, 5.74) is 0.931. The molecule has 6 heteroatoms. The van der Waals surface area contributed by atoms with E-state index in [1.54, 1.807) is 4.90 Å². The Balaban J connectivity index is 1.55. The van der Waals surface area contributed by atoms with E-state index in [0.29, 0.717) is 31.3 Å². The summed E-state index contributed by atoms with van der Waals surface area (Å²) in [7, 11) is 0. The fourth-order valence-electron chi connectivity index (χ4n) is 2.88. The van der Waals surface area contributed by atoms with E-state index in [1.165, 1.54) is 0 Å². The predicted molar refractivity (Wildman–Crippen MR) is 84.1 cm³/mol. The molecule has 22 heavy (non-hydrogen) atoms. The van der Waals surface area contributed by atoms with Crippen molar-refractivity contribution < 1.29 is 14.3 Å². The van der Waals surface area contributed by atoms with Gasteiger partial charge in [-0.05, 0) is 18.9 Å². The zero-order valence-electron chi connectivity index (χ0n) is 12.5. The molecule has 1 aromatic carbocycles. The summed E-state index contributed by atoms with van der Waals surface area (Å²) >= 11 is 6.22. The lowest BCUT2D eigenvalue weighted by atomic mass is 10.1. The molecule has 0 radical (unpaired) electrons. The summed E-state index contributed by atoms with van der Waals surface area (Å²) in [6, 6.07) is 7.55. The maximum absolute atomic E-state index is 12.3. The maximum Gasteiger partial charge on any atom is 0.317 e. The number of hydrogen-bond acceptors (Lipinski definition) is 3. The number of amides is 2. The van der Waals surface area contributed by atoms with Crippen molar-refractivity contribution in [3.63, 3.8) is 0 Å². The number of rotatable bonds is 3. The van der Waals surface area contributed by atoms with Gasteiger partial charge in [0.25, 0.3) is 0 Å². The molecule has 0 aliphatic carbocycles. The highest BCUT2D eigenvalue weighted by atomic mass is 35.5. The normalized spacial score (nSPS) is 25.2. The summed E-state index contributed by atoms with van der Waals surface area (Å²) in [6.45, 7) is 3.00. The standard InChI is InChI=1S/C16H21ClN2O3/c17-14-6-2-1-5-13(14)15-11-19(7-9-22-15)16(20)18-10-12-4-3-8-21-12/h1-2,5-6,12,15H,3-4,7-11H2,(H,18,20)/t12-,15+/m1/s1. The van der Waals surface area contributed by atoms with Gasteiger partial charge in [0.1, 0.15) is 6.10 Å². The van der Waals surface area contributed by atoms with Crippen LogP contribution in [-0.2, 0) is 9.47 Å². The number of urea groups is 1. The number of halogens is 1. The topological polar surface area (TPSA) is 50.8 Å². The average molecular weight is 325 g/mol. The van der Waals surface area contributed by atoms with Crippen LogP contribution < -0.4 is 5.32 Å². The van der Waals surface area contributed by atoms with E-state index in [0.717, 1.165) is 25.0 Å². The van der Waals surface area contributed by atoms with E-state index >= 15 is 0 Å². The molecule has 2 atom stereocenters. The van der Waals surface area contributed by atoms with Gasteiger partial charge in [-0.25, -0.2) is 4.79 Å². The van der Waals surface area contributed by atoms with Crippen molar-refractivity contribution in [2.45, 2.75) is 25.0 Å². The fraction of sp³-hybridized carbons (Fsp3) is 0.562. The Bertz CT molecular complexity index is 520. The third-order valence-corrected chi connectivity index (χ3v) is 4.45. The van der Waals surface area contributed by atoms with Gasteiger partial charge in [-0.1, -0.05) is 29.8 Å². The van der Waals surface area contributed by atoms with Crippen LogP contribution in [0.25, 0.3) is 0 Å². The molecule has 3 rings (SSSR count). The van der Waals surface area contributed by atoms with Crippen molar-refractivity contribution in [3.05, 3.63) is 34.9 Å². The molecule has 2 aliphatic rings. The second-order valence-electron chi connectivity index (χ2n) is 5.65. The van der Waals surface area contributed by atoms with Crippen LogP contribution in [0.1, 0.15) is 24.5 Å². The van der Waals surface area contributed by atoms with E-state index in [4.69, 9.17) is 21.1 Å². The molecule has 5 nitrogen and oxygen atoms in total. The summed E-state index contributed by atoms with van der Waals surface area (Å²) in [6.07, 6.45) is 2.08. The Morgan fingerprint density at radius 2 is 2.18 bits per heavy atom. The molecule has 1 aromatic rings. The number of nitrogens with one attached hydrogen (secondary N) is 1. The van der Waals surface area contributed by atoms with Gasteiger partial charge in [0.05, 0.1) is 19.3 Å². The zero-order chi connectivity index (χ0) is 15.4. The van der Waals surface area contributed by atoms with Gasteiger partial charge in [0.15, 0.2) is 0 Å². The Hall–Kier alpha value is -1.30. The van der Waals surface area contributed by atoms with Gasteiger partial charge in [0, 0.05) is 30.3 Å². The van der Waals surface area contributed by atoms with Crippen LogP contribution in [-0.4, -0.2) is 49.9 Å². The Kier molecular flexibility index (Phi) is 5.18. The lowest BCUT2D eigenvalue weighted by molar-refractivity contribution is -0.0158. The minimum Gasteiger partial charge on any atom is -0.376 e. The molecule has 0 spiro atoms. The van der Waals surface area contributed by atoms with Crippen molar-refractivity contribution >= 4 is 17.6 Å². The summed E-state index contributed by atoms with van der Waals surface area (Å²) < 4.78 is 11.3. The second kappa shape index (κ2) is 7.31. The molecule has 0 bridgehead atoms. The molecule has 0 unspecified atom stereocenters. The van der Waals surface area contributed by atoms with E-state index in [1.807, 2.05) is 24.3 Å². The van der Waals surface area contributed by atoms with E-state index < -0.39 is 0 Å². The average Bonchev–Trinajstić information content (AvgIpc) is 3.06. The minimum absolute atomic E-state index is 0.0594. The van der Waals surface area contributed by atoms with Crippen LogP contribution in [0, 0.1) is 0 Å². The van der Waals surface area contributed by atoms with Gasteiger partial charge in [-0.2, -0.15) is 0 Å². The molecule has 2 fully saturated rings. The maximum atomic E-state index is 12.3. The first-order valence-corrected chi connectivity index (χ1v) is 8.12. The number of hydrogen-bond donors (Lipinski definition) is 1. The molecule has 2 saturated heterocycles. The number of ether oxygens (including phenoxy) is 2. The summed E-state index contributed by atoms with van der Waals surface area (Å²) in [4.78, 5) is 14.1. The van der Waals surface area contributed by atoms with Gasteiger partial charge >= 0.3 is 6.03 Å². The van der Waals surface area contributed by atoms with Crippen molar-refractivity contribution in [2.75, 3.05) is 32.8 Å². The van der Waals surface area contributed by atoms with Crippen LogP contribution >= 0.6 is 11.6 Å². The van der Waals surface area contributed by atoms with E-state index in [9.17, 15) is 4.79 Å². The molecule has 1 N–H and O–H groups in total. The van der Waals surface area contributed by atoms with Gasteiger partial charge < -0.3 is 19.7 Å². The summed E-state index contributed by atoms with van der Waals surface area (Å²) in [5.74, 6) is 0. The monoisotopic (exact) mass is 324 g/mol. The SMILES string of the molecule is O=C(NC[C@H]1CCCO1)N1CCO[C@H](c2ccccc2Cl)C1. The molecular formula is C16H21ClN2O3. The van der Waals surface area contributed by atoms with Crippen LogP contribution in [0.15, 0.2) is 24.3 Å². The highest BCUT2D eigenvalue weighted by molar-refractivity contribution is 6.31. The first kappa shape index (κ1) is 15.6. The second-order valence-corrected chi connectivity index (χ2v) is 6.06. The van der Waals surface area contributed by atoms with Crippen LogP contribution in [0.4, 0.5) is 4.79 Å². The van der Waals surface area contributed by atoms with Crippen molar-refractivity contribution in [3.8, 4) is 0 Å². The highest BCUT2D eigenvalue weighted by Gasteiger charge is 2.27. The number of nitrogens with zero attached hydrogens (tertiary/aromatic N) is 1. The minimum atomic E-state index is -0.170. The molecule has 0 saturated carbocycles. The number of benzene rings is 1. The smallest absolute Gasteiger partial charge is 0.317 e. The first-order valence-electron chi connectivity index (χ1n) is 7.74. The fourth-order valence-corrected chi connectivity index (χ4v) is 3.13. The zero-order valence-corrected chi connectivity index (χ0v) is 13.2. The largest absolute Gasteiger partial charge is 0.376 e. The van der Waals surface area contributed by atoms with Crippen molar-refractivity contribution in [1.29, 1.82) is 0 Å². The van der Waals surface area contributed by atoms with Crippen LogP contribution in [0.3, 0.4) is 0 Å². The highest BCUT2D eigenvalue weighted by Crippen LogP contribution is 2.28. The first-order chi connectivity index (χ1) is 10.7. The third-order valence-electron chi connectivity index (χ3n) is 4.11. The van der Waals surface area contributed by atoms with Crippen LogP contribution in [0.2, 0.25) is 5.02 Å². The lowest BCUT2D eigenvalue weighted by Crippen LogP contribution is -2.48. The predicted octanol–water partition coefficient (Wildman–Crippen LogP) is 2.60. The summed E-state index contributed by atoms with van der Waals surface area (Å²) in [5, 5.41) is 3.63. The molecule has 2 aliphatic heterocycles. The Morgan fingerprint density at radius 1 is 1.32 bits per heavy atom. The number of morpholine rings is 1. The molecule has 2 heterocycles. The Morgan fingerprint density at radius 3 is 2.95 bits per heavy atom. The van der Waals surface area contributed by atoms with Gasteiger partial charge in [-0.3, -0.25) is 0 Å². The molecule has 0 aromatic heterocycles. The van der Waals surface area contributed by atoms with Gasteiger partial charge in [0.2, 0.25) is 0 Å². The van der Waals surface area contributed by atoms with Gasteiger partial charge in [-0.15, -0.1) is 0 Å². The Labute approximate surface area is 135 Å². The van der Waals surface area contributed by atoms with Crippen molar-refractivity contribution in [1.82, 2.24) is 10.2 Å². The lowest BCUT2D eigenvalue weighted by Gasteiger charge is -2.33. The molecule has 120 valence electrons. The number of carbonyl (C=O) groups is 1. The van der Waals surface area contributed by atoms with Crippen LogP contribution in [0.5, 0.6) is 0 Å².